The Bertz CT molecular complexity index is 716. The molecule has 19 heavy (non-hydrogen) atoms. The molecular weight excluding hydrogens is 297 g/mol. The highest BCUT2D eigenvalue weighted by molar-refractivity contribution is 8.13. The summed E-state index contributed by atoms with van der Waals surface area (Å²) in [5, 5.41) is 8.26. The van der Waals surface area contributed by atoms with Crippen molar-refractivity contribution in [3.05, 3.63) is 42.0 Å². The number of aromatic amines is 1. The number of hydrogen-bond acceptors (Lipinski definition) is 4. The number of carbonyl (C=O) groups is 1. The number of H-pyrrole nitrogens is 1. The van der Waals surface area contributed by atoms with Crippen LogP contribution in [0, 0.1) is 5.82 Å². The molecule has 9 heteroatoms. The number of anilines is 1. The third-order valence-corrected chi connectivity index (χ3v) is 3.57. The fourth-order valence-electron chi connectivity index (χ4n) is 1.32. The van der Waals surface area contributed by atoms with E-state index in [1.165, 1.54) is 12.3 Å². The Morgan fingerprint density at radius 3 is 2.63 bits per heavy atom. The van der Waals surface area contributed by atoms with Crippen LogP contribution in [-0.2, 0) is 9.05 Å². The van der Waals surface area contributed by atoms with E-state index in [0.717, 1.165) is 18.2 Å². The summed E-state index contributed by atoms with van der Waals surface area (Å²) in [6, 6.07) is 4.34. The summed E-state index contributed by atoms with van der Waals surface area (Å²) in [6.07, 6.45) is 1.37. The van der Waals surface area contributed by atoms with Crippen LogP contribution < -0.4 is 5.32 Å². The molecule has 0 fully saturated rings. The van der Waals surface area contributed by atoms with Crippen LogP contribution in [-0.4, -0.2) is 24.5 Å². The Kier molecular flexibility index (Phi) is 3.54. The average Bonchev–Trinajstić information content (AvgIpc) is 2.84. The van der Waals surface area contributed by atoms with E-state index in [-0.39, 0.29) is 16.3 Å². The summed E-state index contributed by atoms with van der Waals surface area (Å²) in [5.41, 5.74) is -0.0166. The van der Waals surface area contributed by atoms with Gasteiger partial charge in [-0.3, -0.25) is 9.89 Å². The molecule has 0 aliphatic heterocycles. The van der Waals surface area contributed by atoms with Crippen molar-refractivity contribution in [3.8, 4) is 0 Å². The second-order valence-electron chi connectivity index (χ2n) is 3.50. The van der Waals surface area contributed by atoms with Crippen LogP contribution >= 0.6 is 10.7 Å². The number of nitrogens with one attached hydrogen (secondary N) is 2. The fraction of sp³-hybridized carbons (Fsp3) is 0. The van der Waals surface area contributed by atoms with Gasteiger partial charge in [-0.15, -0.1) is 0 Å². The Morgan fingerprint density at radius 2 is 2.11 bits per heavy atom. The lowest BCUT2D eigenvalue weighted by atomic mass is 10.3. The van der Waals surface area contributed by atoms with Gasteiger partial charge < -0.3 is 5.32 Å². The van der Waals surface area contributed by atoms with Gasteiger partial charge in [0, 0.05) is 16.9 Å². The maximum atomic E-state index is 13.6. The molecule has 100 valence electrons. The SMILES string of the molecule is O=C(Nc1ccc(S(=O)(=O)Cl)cc1F)c1ccn[nH]1. The van der Waals surface area contributed by atoms with E-state index in [0.29, 0.717) is 0 Å². The summed E-state index contributed by atoms with van der Waals surface area (Å²) in [4.78, 5) is 11.2. The molecule has 1 heterocycles. The number of halogens is 2. The standard InChI is InChI=1S/C10H7ClFN3O3S/c11-19(17,18)6-1-2-8(7(12)5-6)14-10(16)9-3-4-13-15-9/h1-5H,(H,13,15)(H,14,16). The molecule has 6 nitrogen and oxygen atoms in total. The molecule has 0 atom stereocenters. The number of rotatable bonds is 3. The van der Waals surface area contributed by atoms with Gasteiger partial charge in [0.1, 0.15) is 11.5 Å². The van der Waals surface area contributed by atoms with Crippen molar-refractivity contribution in [1.29, 1.82) is 0 Å². The monoisotopic (exact) mass is 303 g/mol. The number of aromatic nitrogens is 2. The van der Waals surface area contributed by atoms with Crippen LogP contribution in [0.3, 0.4) is 0 Å². The van der Waals surface area contributed by atoms with E-state index in [4.69, 9.17) is 10.7 Å². The van der Waals surface area contributed by atoms with E-state index in [1.807, 2.05) is 0 Å². The summed E-state index contributed by atoms with van der Waals surface area (Å²) in [5.74, 6) is -1.51. The summed E-state index contributed by atoms with van der Waals surface area (Å²) in [7, 11) is 1.06. The minimum Gasteiger partial charge on any atom is -0.318 e. The second kappa shape index (κ2) is 4.98. The lowest BCUT2D eigenvalue weighted by Gasteiger charge is -2.06. The predicted octanol–water partition coefficient (Wildman–Crippen LogP) is 1.73. The van der Waals surface area contributed by atoms with Gasteiger partial charge in [-0.1, -0.05) is 0 Å². The number of carbonyl (C=O) groups excluding carboxylic acids is 1. The Morgan fingerprint density at radius 1 is 1.37 bits per heavy atom. The lowest BCUT2D eigenvalue weighted by molar-refractivity contribution is 0.102. The van der Waals surface area contributed by atoms with Crippen molar-refractivity contribution in [2.75, 3.05) is 5.32 Å². The van der Waals surface area contributed by atoms with E-state index < -0.39 is 20.8 Å². The number of hydrogen-bond donors (Lipinski definition) is 2. The van der Waals surface area contributed by atoms with Crippen LogP contribution in [0.4, 0.5) is 10.1 Å². The lowest BCUT2D eigenvalue weighted by Crippen LogP contribution is -2.13. The molecule has 0 aliphatic rings. The molecule has 1 aromatic carbocycles. The molecule has 0 spiro atoms. The zero-order valence-electron chi connectivity index (χ0n) is 9.22. The van der Waals surface area contributed by atoms with E-state index in [2.05, 4.69) is 15.5 Å². The second-order valence-corrected chi connectivity index (χ2v) is 6.07. The first-order chi connectivity index (χ1) is 8.88. The molecular formula is C10H7ClFN3O3S. The minimum atomic E-state index is -4.01. The third-order valence-electron chi connectivity index (χ3n) is 2.22. The molecule has 0 unspecified atom stereocenters. The number of amides is 1. The maximum absolute atomic E-state index is 13.6. The Hall–Kier alpha value is -1.93. The molecule has 2 aromatic rings. The van der Waals surface area contributed by atoms with Gasteiger partial charge in [-0.25, -0.2) is 12.8 Å². The average molecular weight is 304 g/mol. The van der Waals surface area contributed by atoms with Gasteiger partial charge in [0.15, 0.2) is 0 Å². The van der Waals surface area contributed by atoms with Gasteiger partial charge >= 0.3 is 0 Å². The maximum Gasteiger partial charge on any atom is 0.273 e. The van der Waals surface area contributed by atoms with Crippen molar-refractivity contribution >= 4 is 31.3 Å². The quantitative estimate of drug-likeness (QED) is 0.845. The van der Waals surface area contributed by atoms with Gasteiger partial charge in [-0.2, -0.15) is 5.10 Å². The van der Waals surface area contributed by atoms with Crippen molar-refractivity contribution < 1.29 is 17.6 Å². The molecule has 1 aromatic heterocycles. The molecule has 2 rings (SSSR count). The Labute approximate surface area is 112 Å². The Balaban J connectivity index is 2.25. The van der Waals surface area contributed by atoms with Gasteiger partial charge in [-0.05, 0) is 24.3 Å². The molecule has 0 radical (unpaired) electrons. The highest BCUT2D eigenvalue weighted by atomic mass is 35.7. The first kappa shape index (κ1) is 13.5. The predicted molar refractivity (Wildman–Crippen MR) is 66.0 cm³/mol. The van der Waals surface area contributed by atoms with E-state index in [9.17, 15) is 17.6 Å². The zero-order chi connectivity index (χ0) is 14.0. The van der Waals surface area contributed by atoms with Crippen LogP contribution in [0.5, 0.6) is 0 Å². The van der Waals surface area contributed by atoms with Gasteiger partial charge in [0.05, 0.1) is 10.6 Å². The molecule has 0 saturated carbocycles. The van der Waals surface area contributed by atoms with Crippen molar-refractivity contribution in [3.63, 3.8) is 0 Å². The van der Waals surface area contributed by atoms with Crippen LogP contribution in [0.25, 0.3) is 0 Å². The molecule has 0 bridgehead atoms. The largest absolute Gasteiger partial charge is 0.318 e. The first-order valence-electron chi connectivity index (χ1n) is 4.93. The third kappa shape index (κ3) is 3.09. The van der Waals surface area contributed by atoms with Crippen LogP contribution in [0.1, 0.15) is 10.5 Å². The summed E-state index contributed by atoms with van der Waals surface area (Å²) < 4.78 is 35.6. The summed E-state index contributed by atoms with van der Waals surface area (Å²) in [6.45, 7) is 0. The molecule has 0 saturated heterocycles. The van der Waals surface area contributed by atoms with Gasteiger partial charge in [0.2, 0.25) is 0 Å². The number of nitrogens with zero attached hydrogens (tertiary/aromatic N) is 1. The zero-order valence-corrected chi connectivity index (χ0v) is 10.8. The van der Waals surface area contributed by atoms with E-state index >= 15 is 0 Å². The van der Waals surface area contributed by atoms with Crippen molar-refractivity contribution in [1.82, 2.24) is 10.2 Å². The smallest absolute Gasteiger partial charge is 0.273 e. The molecule has 1 amide bonds. The highest BCUT2D eigenvalue weighted by Gasteiger charge is 2.15. The van der Waals surface area contributed by atoms with Crippen molar-refractivity contribution in [2.24, 2.45) is 0 Å². The van der Waals surface area contributed by atoms with Crippen LogP contribution in [0.15, 0.2) is 35.4 Å². The van der Waals surface area contributed by atoms with Gasteiger partial charge in [0.25, 0.3) is 15.0 Å². The normalized spacial score (nSPS) is 11.3. The summed E-state index contributed by atoms with van der Waals surface area (Å²) >= 11 is 0. The van der Waals surface area contributed by atoms with Crippen LogP contribution in [0.2, 0.25) is 0 Å². The first-order valence-corrected chi connectivity index (χ1v) is 7.24. The van der Waals surface area contributed by atoms with E-state index in [1.54, 1.807) is 0 Å². The topological polar surface area (TPSA) is 91.9 Å². The highest BCUT2D eigenvalue weighted by Crippen LogP contribution is 2.21. The molecule has 2 N–H and O–H groups in total. The van der Waals surface area contributed by atoms with Crippen molar-refractivity contribution in [2.45, 2.75) is 4.90 Å². The number of benzene rings is 1. The molecule has 0 aliphatic carbocycles. The minimum absolute atomic E-state index is 0.147. The fourth-order valence-corrected chi connectivity index (χ4v) is 2.08.